The smallest absolute Gasteiger partial charge is 0.241 e. The van der Waals surface area contributed by atoms with Gasteiger partial charge >= 0.3 is 0 Å². The molecule has 0 N–H and O–H groups in total. The first kappa shape index (κ1) is 20.7. The van der Waals surface area contributed by atoms with E-state index in [4.69, 9.17) is 25.6 Å². The van der Waals surface area contributed by atoms with E-state index in [0.29, 0.717) is 24.0 Å². The maximum atomic E-state index is 5.97. The summed E-state index contributed by atoms with van der Waals surface area (Å²) in [6, 6.07) is 13.6. The third-order valence-corrected chi connectivity index (χ3v) is 5.51. The van der Waals surface area contributed by atoms with Gasteiger partial charge in [-0.1, -0.05) is 28.9 Å². The Morgan fingerprint density at radius 1 is 0.933 bits per heavy atom. The van der Waals surface area contributed by atoms with Crippen LogP contribution in [-0.4, -0.2) is 60.3 Å². The Bertz CT molecular complexity index is 969. The van der Waals surface area contributed by atoms with Crippen molar-refractivity contribution in [2.45, 2.75) is 13.1 Å². The normalized spacial score (nSPS) is 15.3. The molecule has 0 bridgehead atoms. The van der Waals surface area contributed by atoms with Crippen LogP contribution in [-0.2, 0) is 13.1 Å². The minimum Gasteiger partial charge on any atom is -0.497 e. The Morgan fingerprint density at radius 2 is 1.63 bits per heavy atom. The van der Waals surface area contributed by atoms with Crippen molar-refractivity contribution in [3.05, 3.63) is 58.9 Å². The van der Waals surface area contributed by atoms with E-state index in [2.05, 4.69) is 32.1 Å². The number of halogens is 1. The van der Waals surface area contributed by atoms with E-state index in [1.54, 1.807) is 14.2 Å². The molecule has 0 saturated carbocycles. The molecule has 158 valence electrons. The first-order valence-electron chi connectivity index (χ1n) is 9.89. The number of hydrogen-bond acceptors (Lipinski definition) is 7. The van der Waals surface area contributed by atoms with E-state index in [1.807, 2.05) is 30.3 Å². The van der Waals surface area contributed by atoms with Gasteiger partial charge in [-0.2, -0.15) is 4.98 Å². The molecule has 1 aliphatic heterocycles. The fraction of sp³-hybridized carbons (Fsp3) is 0.364. The lowest BCUT2D eigenvalue weighted by molar-refractivity contribution is 0.112. The maximum absolute atomic E-state index is 5.97. The molecule has 3 aromatic rings. The molecule has 2 aromatic carbocycles. The second-order valence-corrected chi connectivity index (χ2v) is 7.69. The lowest BCUT2D eigenvalue weighted by Gasteiger charge is -2.33. The number of ether oxygens (including phenoxy) is 2. The fourth-order valence-corrected chi connectivity index (χ4v) is 3.68. The molecule has 8 heteroatoms. The predicted molar refractivity (Wildman–Crippen MR) is 115 cm³/mol. The molecule has 4 rings (SSSR count). The highest BCUT2D eigenvalue weighted by atomic mass is 35.5. The van der Waals surface area contributed by atoms with Crippen LogP contribution in [0.1, 0.15) is 11.5 Å². The average Bonchev–Trinajstić information content (AvgIpc) is 3.24. The average molecular weight is 429 g/mol. The van der Waals surface area contributed by atoms with Crippen LogP contribution in [0.25, 0.3) is 11.4 Å². The minimum absolute atomic E-state index is 0.519. The first-order valence-corrected chi connectivity index (χ1v) is 10.3. The van der Waals surface area contributed by atoms with Gasteiger partial charge in [-0.25, -0.2) is 0 Å². The highest BCUT2D eigenvalue weighted by molar-refractivity contribution is 6.30. The molecular formula is C22H25ClN4O3. The lowest BCUT2D eigenvalue weighted by Crippen LogP contribution is -2.45. The minimum atomic E-state index is 0.519. The van der Waals surface area contributed by atoms with Crippen LogP contribution in [0.15, 0.2) is 47.0 Å². The van der Waals surface area contributed by atoms with E-state index >= 15 is 0 Å². The van der Waals surface area contributed by atoms with Gasteiger partial charge in [-0.3, -0.25) is 9.80 Å². The van der Waals surface area contributed by atoms with Gasteiger partial charge in [0.05, 0.1) is 26.3 Å². The van der Waals surface area contributed by atoms with Crippen LogP contribution in [0.5, 0.6) is 11.5 Å². The molecule has 0 spiro atoms. The zero-order valence-electron chi connectivity index (χ0n) is 17.2. The maximum Gasteiger partial charge on any atom is 0.241 e. The number of aromatic nitrogens is 2. The van der Waals surface area contributed by atoms with E-state index in [0.717, 1.165) is 49.1 Å². The largest absolute Gasteiger partial charge is 0.497 e. The summed E-state index contributed by atoms with van der Waals surface area (Å²) in [5.41, 5.74) is 2.06. The number of rotatable bonds is 7. The van der Waals surface area contributed by atoms with Gasteiger partial charge in [-0.15, -0.1) is 0 Å². The second-order valence-electron chi connectivity index (χ2n) is 7.26. The summed E-state index contributed by atoms with van der Waals surface area (Å²) in [7, 11) is 3.24. The molecule has 0 atom stereocenters. The zero-order valence-corrected chi connectivity index (χ0v) is 17.9. The summed E-state index contributed by atoms with van der Waals surface area (Å²) in [4.78, 5) is 9.35. The molecule has 1 saturated heterocycles. The summed E-state index contributed by atoms with van der Waals surface area (Å²) in [5.74, 6) is 2.49. The molecule has 2 heterocycles. The van der Waals surface area contributed by atoms with Crippen molar-refractivity contribution in [3.63, 3.8) is 0 Å². The summed E-state index contributed by atoms with van der Waals surface area (Å²) in [6.45, 7) is 5.48. The first-order chi connectivity index (χ1) is 14.6. The molecule has 1 aliphatic rings. The lowest BCUT2D eigenvalue weighted by atomic mass is 10.2. The van der Waals surface area contributed by atoms with E-state index in [1.165, 1.54) is 5.56 Å². The highest BCUT2D eigenvalue weighted by Gasteiger charge is 2.20. The summed E-state index contributed by atoms with van der Waals surface area (Å²) < 4.78 is 16.2. The van der Waals surface area contributed by atoms with Gasteiger partial charge in [0.1, 0.15) is 11.5 Å². The monoisotopic (exact) mass is 428 g/mol. The van der Waals surface area contributed by atoms with Crippen LogP contribution in [0.3, 0.4) is 0 Å². The standard InChI is InChI=1S/C22H25ClN4O3/c1-28-18-7-8-19(20(13-18)29-2)22-24-21(30-25-22)15-27-11-9-26(10-12-27)14-16-3-5-17(23)6-4-16/h3-8,13H,9-12,14-15H2,1-2H3. The summed E-state index contributed by atoms with van der Waals surface area (Å²) >= 11 is 5.97. The van der Waals surface area contributed by atoms with E-state index < -0.39 is 0 Å². The number of methoxy groups -OCH3 is 2. The Balaban J connectivity index is 1.33. The fourth-order valence-electron chi connectivity index (χ4n) is 3.56. The molecule has 1 fully saturated rings. The zero-order chi connectivity index (χ0) is 20.9. The van der Waals surface area contributed by atoms with E-state index in [9.17, 15) is 0 Å². The molecule has 7 nitrogen and oxygen atoms in total. The van der Waals surface area contributed by atoms with Gasteiger partial charge in [0.2, 0.25) is 11.7 Å². The Morgan fingerprint density at radius 3 is 2.30 bits per heavy atom. The third-order valence-electron chi connectivity index (χ3n) is 5.26. The van der Waals surface area contributed by atoms with Crippen LogP contribution >= 0.6 is 11.6 Å². The van der Waals surface area contributed by atoms with Crippen LogP contribution in [0, 0.1) is 0 Å². The molecule has 0 aliphatic carbocycles. The SMILES string of the molecule is COc1ccc(-c2noc(CN3CCN(Cc4ccc(Cl)cc4)CC3)n2)c(OC)c1. The van der Waals surface area contributed by atoms with Gasteiger partial charge in [0.15, 0.2) is 0 Å². The summed E-state index contributed by atoms with van der Waals surface area (Å²) in [6.07, 6.45) is 0. The molecular weight excluding hydrogens is 404 g/mol. The van der Waals surface area contributed by atoms with E-state index in [-0.39, 0.29) is 0 Å². The van der Waals surface area contributed by atoms with Gasteiger partial charge < -0.3 is 14.0 Å². The van der Waals surface area contributed by atoms with Crippen molar-refractivity contribution < 1.29 is 14.0 Å². The molecule has 0 radical (unpaired) electrons. The Kier molecular flexibility index (Phi) is 6.52. The number of piperazine rings is 1. The summed E-state index contributed by atoms with van der Waals surface area (Å²) in [5, 5.41) is 4.91. The van der Waals surface area contributed by atoms with Crippen LogP contribution < -0.4 is 9.47 Å². The molecule has 0 unspecified atom stereocenters. The van der Waals surface area contributed by atoms with Crippen molar-refractivity contribution >= 4 is 11.6 Å². The number of nitrogens with zero attached hydrogens (tertiary/aromatic N) is 4. The Labute approximate surface area is 181 Å². The topological polar surface area (TPSA) is 63.9 Å². The van der Waals surface area contributed by atoms with Gasteiger partial charge in [0.25, 0.3) is 0 Å². The third kappa shape index (κ3) is 4.92. The van der Waals surface area contributed by atoms with Crippen molar-refractivity contribution in [2.75, 3.05) is 40.4 Å². The number of hydrogen-bond donors (Lipinski definition) is 0. The molecule has 0 amide bonds. The van der Waals surface area contributed by atoms with Crippen molar-refractivity contribution in [3.8, 4) is 22.9 Å². The predicted octanol–water partition coefficient (Wildman–Crippen LogP) is 3.73. The molecule has 30 heavy (non-hydrogen) atoms. The van der Waals surface area contributed by atoms with Crippen LogP contribution in [0.2, 0.25) is 5.02 Å². The van der Waals surface area contributed by atoms with Crippen LogP contribution in [0.4, 0.5) is 0 Å². The van der Waals surface area contributed by atoms with Crippen molar-refractivity contribution in [1.29, 1.82) is 0 Å². The second kappa shape index (κ2) is 9.47. The van der Waals surface area contributed by atoms with Crippen molar-refractivity contribution in [2.24, 2.45) is 0 Å². The molecule has 1 aromatic heterocycles. The Hall–Kier alpha value is -2.61. The quantitative estimate of drug-likeness (QED) is 0.568. The van der Waals surface area contributed by atoms with Gasteiger partial charge in [-0.05, 0) is 29.8 Å². The highest BCUT2D eigenvalue weighted by Crippen LogP contribution is 2.31. The number of benzene rings is 2. The van der Waals surface area contributed by atoms with Crippen molar-refractivity contribution in [1.82, 2.24) is 19.9 Å². The van der Waals surface area contributed by atoms with Gasteiger partial charge in [0, 0.05) is 43.8 Å².